The van der Waals surface area contributed by atoms with Crippen molar-refractivity contribution in [3.05, 3.63) is 23.8 Å². The Morgan fingerprint density at radius 3 is 2.65 bits per heavy atom. The van der Waals surface area contributed by atoms with E-state index < -0.39 is 9.84 Å². The highest BCUT2D eigenvalue weighted by atomic mass is 32.2. The fourth-order valence-electron chi connectivity index (χ4n) is 1.31. The number of nitrogens with zero attached hydrogens (tertiary/aromatic N) is 2. The lowest BCUT2D eigenvalue weighted by Gasteiger charge is -2.19. The predicted octanol–water partition coefficient (Wildman–Crippen LogP) is 0.621. The number of hydrogen-bond acceptors (Lipinski definition) is 5. The molecule has 6 heteroatoms. The van der Waals surface area contributed by atoms with Gasteiger partial charge in [0.25, 0.3) is 0 Å². The number of nitriles is 1. The molecule has 0 aromatic heterocycles. The molecule has 1 aromatic carbocycles. The number of nitrogens with two attached hydrogens (primary N) is 1. The lowest BCUT2D eigenvalue weighted by molar-refractivity contribution is 0.601. The minimum Gasteiger partial charge on any atom is -0.398 e. The first kappa shape index (κ1) is 13.3. The van der Waals surface area contributed by atoms with E-state index in [9.17, 15) is 8.42 Å². The molecule has 5 nitrogen and oxygen atoms in total. The summed E-state index contributed by atoms with van der Waals surface area (Å²) in [7, 11) is -1.21. The molecule has 0 fully saturated rings. The Hall–Kier alpha value is -1.74. The Morgan fingerprint density at radius 1 is 1.47 bits per heavy atom. The third kappa shape index (κ3) is 3.96. The molecule has 0 saturated heterocycles. The van der Waals surface area contributed by atoms with Crippen molar-refractivity contribution in [2.75, 3.05) is 36.2 Å². The van der Waals surface area contributed by atoms with Gasteiger partial charge in [-0.1, -0.05) is 0 Å². The number of rotatable bonds is 4. The topological polar surface area (TPSA) is 87.2 Å². The van der Waals surface area contributed by atoms with Gasteiger partial charge in [0.2, 0.25) is 0 Å². The van der Waals surface area contributed by atoms with Crippen molar-refractivity contribution in [1.82, 2.24) is 0 Å². The van der Waals surface area contributed by atoms with Crippen LogP contribution < -0.4 is 10.6 Å². The highest BCUT2D eigenvalue weighted by molar-refractivity contribution is 7.90. The van der Waals surface area contributed by atoms with E-state index in [1.165, 1.54) is 6.26 Å². The molecule has 1 aromatic rings. The van der Waals surface area contributed by atoms with Gasteiger partial charge >= 0.3 is 0 Å². The molecule has 0 unspecified atom stereocenters. The molecule has 0 aliphatic heterocycles. The van der Waals surface area contributed by atoms with Gasteiger partial charge < -0.3 is 10.6 Å². The number of nitrogen functional groups attached to an aromatic ring is 1. The normalized spacial score (nSPS) is 10.9. The second kappa shape index (κ2) is 5.06. The van der Waals surface area contributed by atoms with Gasteiger partial charge in [-0.2, -0.15) is 5.26 Å². The van der Waals surface area contributed by atoms with Crippen LogP contribution in [-0.2, 0) is 9.84 Å². The van der Waals surface area contributed by atoms with Crippen LogP contribution in [0, 0.1) is 11.3 Å². The smallest absolute Gasteiger partial charge is 0.149 e. The van der Waals surface area contributed by atoms with Crippen LogP contribution in [0.3, 0.4) is 0 Å². The number of sulfone groups is 1. The number of benzene rings is 1. The third-order valence-electron chi connectivity index (χ3n) is 2.40. The molecule has 0 aliphatic rings. The van der Waals surface area contributed by atoms with E-state index in [1.807, 2.05) is 6.07 Å². The minimum atomic E-state index is -2.98. The summed E-state index contributed by atoms with van der Waals surface area (Å²) in [5.74, 6) is 0.0791. The summed E-state index contributed by atoms with van der Waals surface area (Å²) >= 11 is 0. The Kier molecular flexibility index (Phi) is 3.97. The summed E-state index contributed by atoms with van der Waals surface area (Å²) in [6.07, 6.45) is 1.20. The van der Waals surface area contributed by atoms with Gasteiger partial charge in [0, 0.05) is 31.2 Å². The van der Waals surface area contributed by atoms with Crippen molar-refractivity contribution in [1.29, 1.82) is 5.26 Å². The Labute approximate surface area is 101 Å². The monoisotopic (exact) mass is 253 g/mol. The van der Waals surface area contributed by atoms with Gasteiger partial charge in [0.1, 0.15) is 15.9 Å². The quantitative estimate of drug-likeness (QED) is 0.795. The summed E-state index contributed by atoms with van der Waals surface area (Å²) in [6, 6.07) is 7.05. The Morgan fingerprint density at radius 2 is 2.12 bits per heavy atom. The lowest BCUT2D eigenvalue weighted by Crippen LogP contribution is -2.24. The highest BCUT2D eigenvalue weighted by Crippen LogP contribution is 2.19. The predicted molar refractivity (Wildman–Crippen MR) is 68.6 cm³/mol. The fourth-order valence-corrected chi connectivity index (χ4v) is 1.92. The van der Waals surface area contributed by atoms with Crippen LogP contribution in [0.2, 0.25) is 0 Å². The Balaban J connectivity index is 2.83. The van der Waals surface area contributed by atoms with Gasteiger partial charge in [-0.3, -0.25) is 0 Å². The maximum absolute atomic E-state index is 11.0. The summed E-state index contributed by atoms with van der Waals surface area (Å²) in [6.45, 7) is 0.383. The van der Waals surface area contributed by atoms with Gasteiger partial charge in [0.05, 0.1) is 11.3 Å². The Bertz CT molecular complexity index is 546. The third-order valence-corrected chi connectivity index (χ3v) is 3.32. The van der Waals surface area contributed by atoms with E-state index in [-0.39, 0.29) is 5.75 Å². The van der Waals surface area contributed by atoms with Crippen LogP contribution in [0.25, 0.3) is 0 Å². The molecule has 0 atom stereocenters. The molecule has 2 N–H and O–H groups in total. The van der Waals surface area contributed by atoms with Crippen molar-refractivity contribution in [3.8, 4) is 6.07 Å². The van der Waals surface area contributed by atoms with Crippen LogP contribution >= 0.6 is 0 Å². The second-order valence-electron chi connectivity index (χ2n) is 3.93. The average Bonchev–Trinajstić information content (AvgIpc) is 2.25. The summed E-state index contributed by atoms with van der Waals surface area (Å²) in [5, 5.41) is 8.84. The zero-order valence-electron chi connectivity index (χ0n) is 9.84. The zero-order chi connectivity index (χ0) is 13.1. The van der Waals surface area contributed by atoms with Crippen molar-refractivity contribution in [2.24, 2.45) is 0 Å². The molecule has 0 amide bonds. The van der Waals surface area contributed by atoms with E-state index in [1.54, 1.807) is 30.1 Å². The molecule has 0 bridgehead atoms. The minimum absolute atomic E-state index is 0.0791. The van der Waals surface area contributed by atoms with Gasteiger partial charge in [-0.05, 0) is 18.2 Å². The first-order valence-electron chi connectivity index (χ1n) is 5.02. The molecular weight excluding hydrogens is 238 g/mol. The second-order valence-corrected chi connectivity index (χ2v) is 6.19. The first-order chi connectivity index (χ1) is 7.83. The van der Waals surface area contributed by atoms with E-state index in [4.69, 9.17) is 11.0 Å². The van der Waals surface area contributed by atoms with E-state index in [2.05, 4.69) is 0 Å². The van der Waals surface area contributed by atoms with Crippen molar-refractivity contribution in [3.63, 3.8) is 0 Å². The maximum Gasteiger partial charge on any atom is 0.149 e. The standard InChI is InChI=1S/C11H15N3O2S/c1-14(5-6-17(2,15)16)10-3-4-11(13)9(7-10)8-12/h3-4,7H,5-6,13H2,1-2H3. The fraction of sp³-hybridized carbons (Fsp3) is 0.364. The average molecular weight is 253 g/mol. The van der Waals surface area contributed by atoms with Gasteiger partial charge in [-0.25, -0.2) is 8.42 Å². The molecule has 0 spiro atoms. The van der Waals surface area contributed by atoms with Crippen molar-refractivity contribution >= 4 is 21.2 Å². The molecule has 17 heavy (non-hydrogen) atoms. The molecule has 0 heterocycles. The zero-order valence-corrected chi connectivity index (χ0v) is 10.7. The van der Waals surface area contributed by atoms with Crippen LogP contribution in [0.1, 0.15) is 5.56 Å². The van der Waals surface area contributed by atoms with Gasteiger partial charge in [-0.15, -0.1) is 0 Å². The van der Waals surface area contributed by atoms with Crippen LogP contribution in [0.4, 0.5) is 11.4 Å². The summed E-state index contributed by atoms with van der Waals surface area (Å²) < 4.78 is 22.1. The van der Waals surface area contributed by atoms with Crippen LogP contribution in [-0.4, -0.2) is 34.0 Å². The highest BCUT2D eigenvalue weighted by Gasteiger charge is 2.08. The summed E-state index contributed by atoms with van der Waals surface area (Å²) in [4.78, 5) is 1.78. The molecule has 92 valence electrons. The number of anilines is 2. The van der Waals surface area contributed by atoms with Crippen molar-refractivity contribution in [2.45, 2.75) is 0 Å². The van der Waals surface area contributed by atoms with Crippen LogP contribution in [0.5, 0.6) is 0 Å². The first-order valence-corrected chi connectivity index (χ1v) is 7.08. The van der Waals surface area contributed by atoms with Crippen molar-refractivity contribution < 1.29 is 8.42 Å². The molecule has 0 saturated carbocycles. The van der Waals surface area contributed by atoms with E-state index in [0.29, 0.717) is 17.8 Å². The maximum atomic E-state index is 11.0. The molecule has 0 aliphatic carbocycles. The number of hydrogen-bond donors (Lipinski definition) is 1. The lowest BCUT2D eigenvalue weighted by atomic mass is 10.1. The van der Waals surface area contributed by atoms with E-state index >= 15 is 0 Å². The SMILES string of the molecule is CN(CCS(C)(=O)=O)c1ccc(N)c(C#N)c1. The molecular formula is C11H15N3O2S. The molecule has 1 rings (SSSR count). The van der Waals surface area contributed by atoms with Gasteiger partial charge in [0.15, 0.2) is 0 Å². The summed E-state index contributed by atoms with van der Waals surface area (Å²) in [5.41, 5.74) is 7.20. The largest absolute Gasteiger partial charge is 0.398 e. The molecule has 0 radical (unpaired) electrons. The van der Waals surface area contributed by atoms with E-state index in [0.717, 1.165) is 5.69 Å². The van der Waals surface area contributed by atoms with Crippen LogP contribution in [0.15, 0.2) is 18.2 Å².